The maximum absolute atomic E-state index is 12.0. The third kappa shape index (κ3) is 3.33. The molecule has 2 N–H and O–H groups in total. The molecule has 2 aromatic rings. The van der Waals surface area contributed by atoms with Crippen LogP contribution < -0.4 is 5.32 Å². The number of carbonyl (C=O) groups excluding carboxylic acids is 1. The molecule has 3 rings (SSSR count). The molecular formula is C16H20N4O2. The van der Waals surface area contributed by atoms with E-state index in [-0.39, 0.29) is 17.9 Å². The van der Waals surface area contributed by atoms with Crippen molar-refractivity contribution >= 4 is 5.91 Å². The highest BCUT2D eigenvalue weighted by molar-refractivity contribution is 5.79. The first-order valence-electron chi connectivity index (χ1n) is 7.60. The lowest BCUT2D eigenvalue weighted by molar-refractivity contribution is -0.126. The molecule has 0 saturated carbocycles. The van der Waals surface area contributed by atoms with Crippen molar-refractivity contribution in [2.24, 2.45) is 5.92 Å². The molecule has 6 nitrogen and oxygen atoms in total. The summed E-state index contributed by atoms with van der Waals surface area (Å²) in [7, 11) is 0. The number of aromatic nitrogens is 3. The molecule has 1 amide bonds. The molecule has 116 valence electrons. The Labute approximate surface area is 129 Å². The van der Waals surface area contributed by atoms with Crippen molar-refractivity contribution in [3.05, 3.63) is 36.2 Å². The van der Waals surface area contributed by atoms with Gasteiger partial charge in [-0.3, -0.25) is 9.89 Å². The first kappa shape index (κ1) is 14.7. The van der Waals surface area contributed by atoms with E-state index >= 15 is 0 Å². The summed E-state index contributed by atoms with van der Waals surface area (Å²) in [4.78, 5) is 16.5. The summed E-state index contributed by atoms with van der Waals surface area (Å²) in [6, 6.07) is 9.81. The third-order valence-corrected chi connectivity index (χ3v) is 3.94. The van der Waals surface area contributed by atoms with Crippen molar-refractivity contribution in [2.45, 2.75) is 25.9 Å². The maximum atomic E-state index is 12.0. The van der Waals surface area contributed by atoms with E-state index in [1.54, 1.807) is 0 Å². The molecule has 1 saturated heterocycles. The fraction of sp³-hybridized carbons (Fsp3) is 0.438. The Balaban J connectivity index is 1.50. The number of aromatic amines is 1. The van der Waals surface area contributed by atoms with Crippen LogP contribution in [0.4, 0.5) is 0 Å². The number of hydrogen-bond donors (Lipinski definition) is 2. The van der Waals surface area contributed by atoms with E-state index in [0.29, 0.717) is 25.4 Å². The van der Waals surface area contributed by atoms with Crippen molar-refractivity contribution in [3.63, 3.8) is 0 Å². The second-order valence-corrected chi connectivity index (χ2v) is 5.48. The number of H-pyrrole nitrogens is 1. The van der Waals surface area contributed by atoms with Crippen molar-refractivity contribution < 1.29 is 9.53 Å². The van der Waals surface area contributed by atoms with E-state index in [1.165, 1.54) is 0 Å². The molecule has 0 bridgehead atoms. The van der Waals surface area contributed by atoms with E-state index in [2.05, 4.69) is 20.5 Å². The number of nitrogens with zero attached hydrogens (tertiary/aromatic N) is 2. The highest BCUT2D eigenvalue weighted by Gasteiger charge is 2.30. The van der Waals surface area contributed by atoms with Gasteiger partial charge < -0.3 is 10.1 Å². The molecule has 0 spiro atoms. The van der Waals surface area contributed by atoms with Gasteiger partial charge in [-0.1, -0.05) is 30.3 Å². The average molecular weight is 300 g/mol. The van der Waals surface area contributed by atoms with Crippen LogP contribution >= 0.6 is 0 Å². The zero-order chi connectivity index (χ0) is 15.4. The van der Waals surface area contributed by atoms with Gasteiger partial charge >= 0.3 is 0 Å². The molecule has 1 fully saturated rings. The monoisotopic (exact) mass is 300 g/mol. The van der Waals surface area contributed by atoms with Crippen LogP contribution in [0.25, 0.3) is 11.4 Å². The number of hydrogen-bond acceptors (Lipinski definition) is 4. The number of rotatable bonds is 5. The van der Waals surface area contributed by atoms with Crippen LogP contribution in [0.1, 0.15) is 19.2 Å². The third-order valence-electron chi connectivity index (χ3n) is 3.94. The van der Waals surface area contributed by atoms with Crippen LogP contribution in [-0.2, 0) is 16.0 Å². The van der Waals surface area contributed by atoms with E-state index in [4.69, 9.17) is 4.74 Å². The van der Waals surface area contributed by atoms with E-state index in [9.17, 15) is 4.79 Å². The molecule has 6 heteroatoms. The highest BCUT2D eigenvalue weighted by Crippen LogP contribution is 2.20. The van der Waals surface area contributed by atoms with Crippen LogP contribution in [0, 0.1) is 5.92 Å². The second kappa shape index (κ2) is 6.70. The lowest BCUT2D eigenvalue weighted by Crippen LogP contribution is -2.35. The molecular weight excluding hydrogens is 280 g/mol. The van der Waals surface area contributed by atoms with Gasteiger partial charge in [-0.15, -0.1) is 0 Å². The van der Waals surface area contributed by atoms with Crippen molar-refractivity contribution in [2.75, 3.05) is 13.2 Å². The normalized spacial score (nSPS) is 21.0. The number of benzene rings is 1. The Morgan fingerprint density at radius 2 is 2.23 bits per heavy atom. The second-order valence-electron chi connectivity index (χ2n) is 5.48. The number of ether oxygens (including phenoxy) is 1. The van der Waals surface area contributed by atoms with Crippen LogP contribution in [0.5, 0.6) is 0 Å². The number of carbonyl (C=O) groups is 1. The molecule has 1 aromatic carbocycles. The van der Waals surface area contributed by atoms with Gasteiger partial charge in [0.2, 0.25) is 5.91 Å². The molecule has 1 aromatic heterocycles. The standard InChI is InChI=1S/C16H20N4O2/c1-11-13(8-10-22-11)16(21)17-9-7-14-18-15(20-19-14)12-5-3-2-4-6-12/h2-6,11,13H,7-10H2,1H3,(H,17,21)(H,18,19,20). The SMILES string of the molecule is CC1OCCC1C(=O)NCCc1nc(-c2ccccc2)n[nH]1. The average Bonchev–Trinajstić information content (AvgIpc) is 3.17. The summed E-state index contributed by atoms with van der Waals surface area (Å²) in [5.74, 6) is 1.48. The van der Waals surface area contributed by atoms with Gasteiger partial charge in [0.1, 0.15) is 5.82 Å². The Morgan fingerprint density at radius 1 is 1.41 bits per heavy atom. The van der Waals surface area contributed by atoms with Gasteiger partial charge in [0.15, 0.2) is 5.82 Å². The first-order chi connectivity index (χ1) is 10.7. The zero-order valence-corrected chi connectivity index (χ0v) is 12.6. The zero-order valence-electron chi connectivity index (χ0n) is 12.6. The van der Waals surface area contributed by atoms with Gasteiger partial charge in [0.25, 0.3) is 0 Å². The molecule has 0 aliphatic carbocycles. The summed E-state index contributed by atoms with van der Waals surface area (Å²) >= 11 is 0. The first-order valence-corrected chi connectivity index (χ1v) is 7.60. The lowest BCUT2D eigenvalue weighted by atomic mass is 10.0. The Bertz CT molecular complexity index is 626. The smallest absolute Gasteiger partial charge is 0.225 e. The topological polar surface area (TPSA) is 79.9 Å². The summed E-state index contributed by atoms with van der Waals surface area (Å²) in [6.07, 6.45) is 1.44. The summed E-state index contributed by atoms with van der Waals surface area (Å²) < 4.78 is 5.41. The number of nitrogens with one attached hydrogen (secondary N) is 2. The number of amides is 1. The summed E-state index contributed by atoms with van der Waals surface area (Å²) in [5, 5.41) is 10.1. The minimum atomic E-state index is -0.0328. The van der Waals surface area contributed by atoms with Crippen LogP contribution in [0.15, 0.2) is 30.3 Å². The fourth-order valence-corrected chi connectivity index (χ4v) is 2.63. The molecule has 2 atom stereocenters. The van der Waals surface area contributed by atoms with Gasteiger partial charge in [0, 0.05) is 25.1 Å². The molecule has 2 heterocycles. The van der Waals surface area contributed by atoms with Gasteiger partial charge in [0.05, 0.1) is 12.0 Å². The van der Waals surface area contributed by atoms with Gasteiger partial charge in [-0.25, -0.2) is 4.98 Å². The minimum Gasteiger partial charge on any atom is -0.378 e. The van der Waals surface area contributed by atoms with Gasteiger partial charge in [-0.05, 0) is 13.3 Å². The van der Waals surface area contributed by atoms with E-state index < -0.39 is 0 Å². The Morgan fingerprint density at radius 3 is 2.95 bits per heavy atom. The van der Waals surface area contributed by atoms with Crippen molar-refractivity contribution in [1.82, 2.24) is 20.5 Å². The van der Waals surface area contributed by atoms with E-state index in [1.807, 2.05) is 37.3 Å². The van der Waals surface area contributed by atoms with Crippen LogP contribution in [0.3, 0.4) is 0 Å². The molecule has 0 radical (unpaired) electrons. The van der Waals surface area contributed by atoms with Crippen molar-refractivity contribution in [1.29, 1.82) is 0 Å². The molecule has 1 aliphatic rings. The predicted octanol–water partition coefficient (Wildman–Crippen LogP) is 1.56. The van der Waals surface area contributed by atoms with E-state index in [0.717, 1.165) is 17.8 Å². The van der Waals surface area contributed by atoms with Crippen LogP contribution in [0.2, 0.25) is 0 Å². The van der Waals surface area contributed by atoms with Crippen molar-refractivity contribution in [3.8, 4) is 11.4 Å². The molecule has 22 heavy (non-hydrogen) atoms. The fourth-order valence-electron chi connectivity index (χ4n) is 2.63. The Hall–Kier alpha value is -2.21. The molecule has 2 unspecified atom stereocenters. The van der Waals surface area contributed by atoms with Crippen LogP contribution in [-0.4, -0.2) is 40.3 Å². The summed E-state index contributed by atoms with van der Waals surface area (Å²) in [5.41, 5.74) is 0.978. The summed E-state index contributed by atoms with van der Waals surface area (Å²) in [6.45, 7) is 3.16. The maximum Gasteiger partial charge on any atom is 0.225 e. The minimum absolute atomic E-state index is 0.00922. The predicted molar refractivity (Wildman–Crippen MR) is 82.1 cm³/mol. The quantitative estimate of drug-likeness (QED) is 0.878. The molecule has 1 aliphatic heterocycles. The lowest BCUT2D eigenvalue weighted by Gasteiger charge is -2.13. The highest BCUT2D eigenvalue weighted by atomic mass is 16.5. The largest absolute Gasteiger partial charge is 0.378 e. The van der Waals surface area contributed by atoms with Gasteiger partial charge in [-0.2, -0.15) is 5.10 Å². The Kier molecular flexibility index (Phi) is 4.48.